The largest absolute Gasteiger partial charge is 0.208 e. The molecule has 0 aliphatic heterocycles. The molecule has 1 heterocycles. The zero-order valence-corrected chi connectivity index (χ0v) is 30.1. The Morgan fingerprint density at radius 1 is 0.389 bits per heavy atom. The van der Waals surface area contributed by atoms with Gasteiger partial charge in [0.15, 0.2) is 17.5 Å². The predicted octanol–water partition coefficient (Wildman–Crippen LogP) is 12.6. The number of aromatic nitrogens is 3. The van der Waals surface area contributed by atoms with Crippen molar-refractivity contribution >= 4 is 21.5 Å². The topological polar surface area (TPSA) is 38.7 Å². The van der Waals surface area contributed by atoms with E-state index in [1.54, 1.807) is 11.1 Å². The first-order valence-corrected chi connectivity index (χ1v) is 19.8. The smallest absolute Gasteiger partial charge is 0.164 e. The summed E-state index contributed by atoms with van der Waals surface area (Å²) in [6.45, 7) is 0. The molecule has 13 rings (SSSR count). The number of rotatable bonds is 4. The number of nitrogens with zero attached hydrogens (tertiary/aromatic N) is 3. The molecule has 0 atom stereocenters. The van der Waals surface area contributed by atoms with Crippen molar-refractivity contribution in [3.05, 3.63) is 163 Å². The quantitative estimate of drug-likeness (QED) is 0.184. The molecule has 3 heteroatoms. The van der Waals surface area contributed by atoms with Gasteiger partial charge < -0.3 is 0 Å². The second-order valence-electron chi connectivity index (χ2n) is 16.4. The van der Waals surface area contributed by atoms with E-state index in [9.17, 15) is 0 Å². The van der Waals surface area contributed by atoms with Crippen molar-refractivity contribution in [2.75, 3.05) is 0 Å². The molecule has 258 valence electrons. The fraction of sp³-hybridized carbons (Fsp3) is 0.196. The van der Waals surface area contributed by atoms with E-state index in [2.05, 4.69) is 146 Å². The maximum absolute atomic E-state index is 5.25. The van der Waals surface area contributed by atoms with Crippen LogP contribution in [0.25, 0.3) is 78.0 Å². The molecule has 0 saturated heterocycles. The van der Waals surface area contributed by atoms with Crippen LogP contribution in [0.1, 0.15) is 43.2 Å². The molecular formula is C51H39N3. The van der Waals surface area contributed by atoms with E-state index in [4.69, 9.17) is 15.0 Å². The average Bonchev–Trinajstić information content (AvgIpc) is 3.53. The van der Waals surface area contributed by atoms with Crippen LogP contribution in [0.5, 0.6) is 0 Å². The standard InChI is InChI=1S/C51H39N3/c1-2-11-36(12-3-1)48-52-49(37-19-17-35(18-20-37)42-16-8-13-33-9-4-6-14-41(33)42)54-50(53-48)38-22-23-45-44(30-38)47-43-15-7-5-10-34(43)21-24-46(47)51(45)39-26-31-25-32(28-39)29-40(51)27-31/h1-24,30-32,39-40H,25-29H2. The Kier molecular flexibility index (Phi) is 6.52. The molecule has 5 aliphatic carbocycles. The van der Waals surface area contributed by atoms with Crippen LogP contribution in [-0.4, -0.2) is 15.0 Å². The van der Waals surface area contributed by atoms with Gasteiger partial charge >= 0.3 is 0 Å². The highest BCUT2D eigenvalue weighted by atomic mass is 15.0. The van der Waals surface area contributed by atoms with E-state index >= 15 is 0 Å². The molecule has 1 aromatic heterocycles. The Labute approximate surface area is 315 Å². The molecule has 54 heavy (non-hydrogen) atoms. The van der Waals surface area contributed by atoms with Gasteiger partial charge in [0.2, 0.25) is 0 Å². The fourth-order valence-corrected chi connectivity index (χ4v) is 11.7. The van der Waals surface area contributed by atoms with Crippen LogP contribution in [0, 0.1) is 23.7 Å². The van der Waals surface area contributed by atoms with Crippen LogP contribution in [-0.2, 0) is 5.41 Å². The van der Waals surface area contributed by atoms with Gasteiger partial charge in [0, 0.05) is 22.1 Å². The maximum Gasteiger partial charge on any atom is 0.164 e. The van der Waals surface area contributed by atoms with Gasteiger partial charge in [-0.1, -0.05) is 146 Å². The van der Waals surface area contributed by atoms with Crippen LogP contribution >= 0.6 is 0 Å². The van der Waals surface area contributed by atoms with Gasteiger partial charge in [-0.05, 0) is 117 Å². The lowest BCUT2D eigenvalue weighted by Crippen LogP contribution is -2.55. The van der Waals surface area contributed by atoms with E-state index in [1.807, 2.05) is 6.07 Å². The Hall–Kier alpha value is -5.93. The van der Waals surface area contributed by atoms with E-state index in [0.29, 0.717) is 29.3 Å². The number of fused-ring (bicyclic) bond motifs is 6. The normalized spacial score (nSPS) is 23.3. The van der Waals surface area contributed by atoms with Gasteiger partial charge in [0.05, 0.1) is 0 Å². The molecule has 7 aromatic carbocycles. The van der Waals surface area contributed by atoms with Crippen molar-refractivity contribution in [3.63, 3.8) is 0 Å². The molecule has 1 spiro atoms. The van der Waals surface area contributed by atoms with Crippen molar-refractivity contribution in [1.29, 1.82) is 0 Å². The minimum absolute atomic E-state index is 0.103. The Morgan fingerprint density at radius 2 is 0.926 bits per heavy atom. The molecular weight excluding hydrogens is 655 g/mol. The lowest BCUT2D eigenvalue weighted by Gasteiger charge is -2.61. The zero-order valence-electron chi connectivity index (χ0n) is 30.1. The van der Waals surface area contributed by atoms with E-state index in [-0.39, 0.29) is 5.41 Å². The average molecular weight is 694 g/mol. The molecule has 4 bridgehead atoms. The lowest BCUT2D eigenvalue weighted by molar-refractivity contribution is -0.0399. The summed E-state index contributed by atoms with van der Waals surface area (Å²) in [5.74, 6) is 5.34. The first kappa shape index (κ1) is 30.5. The van der Waals surface area contributed by atoms with Crippen molar-refractivity contribution in [3.8, 4) is 56.4 Å². The monoisotopic (exact) mass is 693 g/mol. The minimum atomic E-state index is 0.103. The SMILES string of the molecule is c1ccc(-c2nc(-c3ccc(-c4cccc5ccccc45)cc3)nc(-c3ccc4c(c3)-c3c(ccc5ccccc35)C43C4CC5CC(C4)CC3C5)n2)cc1. The first-order chi connectivity index (χ1) is 26.7. The summed E-state index contributed by atoms with van der Waals surface area (Å²) in [6, 6.07) is 55.3. The van der Waals surface area contributed by atoms with Crippen molar-refractivity contribution in [1.82, 2.24) is 15.0 Å². The molecule has 8 aromatic rings. The van der Waals surface area contributed by atoms with Gasteiger partial charge in [-0.15, -0.1) is 0 Å². The van der Waals surface area contributed by atoms with Crippen LogP contribution < -0.4 is 0 Å². The number of hydrogen-bond donors (Lipinski definition) is 0. The second-order valence-corrected chi connectivity index (χ2v) is 16.4. The summed E-state index contributed by atoms with van der Waals surface area (Å²) in [5.41, 5.74) is 11.5. The summed E-state index contributed by atoms with van der Waals surface area (Å²) in [5, 5.41) is 5.18. The van der Waals surface area contributed by atoms with Gasteiger partial charge in [-0.2, -0.15) is 0 Å². The highest BCUT2D eigenvalue weighted by molar-refractivity contribution is 6.03. The number of benzene rings is 7. The molecule has 4 fully saturated rings. The van der Waals surface area contributed by atoms with Crippen LogP contribution in [0.3, 0.4) is 0 Å². The highest BCUT2D eigenvalue weighted by Crippen LogP contribution is 2.70. The molecule has 0 N–H and O–H groups in total. The Balaban J connectivity index is 1.02. The third kappa shape index (κ3) is 4.39. The second kappa shape index (κ2) is 11.5. The summed E-state index contributed by atoms with van der Waals surface area (Å²) in [7, 11) is 0. The Morgan fingerprint density at radius 3 is 1.65 bits per heavy atom. The van der Waals surface area contributed by atoms with E-state index in [0.717, 1.165) is 28.5 Å². The molecule has 3 nitrogen and oxygen atoms in total. The fourth-order valence-electron chi connectivity index (χ4n) is 11.7. The van der Waals surface area contributed by atoms with Crippen LogP contribution in [0.15, 0.2) is 152 Å². The third-order valence-corrected chi connectivity index (χ3v) is 13.7. The van der Waals surface area contributed by atoms with Gasteiger partial charge in [0.25, 0.3) is 0 Å². The van der Waals surface area contributed by atoms with Crippen molar-refractivity contribution in [2.24, 2.45) is 23.7 Å². The van der Waals surface area contributed by atoms with Crippen LogP contribution in [0.2, 0.25) is 0 Å². The summed E-state index contributed by atoms with van der Waals surface area (Å²) in [6.07, 6.45) is 6.94. The molecule has 0 radical (unpaired) electrons. The van der Waals surface area contributed by atoms with E-state index < -0.39 is 0 Å². The Bertz CT molecular complexity index is 2750. The van der Waals surface area contributed by atoms with Gasteiger partial charge in [-0.25, -0.2) is 15.0 Å². The maximum atomic E-state index is 5.25. The van der Waals surface area contributed by atoms with Gasteiger partial charge in [0.1, 0.15) is 0 Å². The first-order valence-electron chi connectivity index (χ1n) is 19.8. The minimum Gasteiger partial charge on any atom is -0.208 e. The summed E-state index contributed by atoms with van der Waals surface area (Å²) in [4.78, 5) is 15.5. The van der Waals surface area contributed by atoms with Crippen molar-refractivity contribution < 1.29 is 0 Å². The van der Waals surface area contributed by atoms with Gasteiger partial charge in [-0.3, -0.25) is 0 Å². The highest BCUT2D eigenvalue weighted by Gasteiger charge is 2.61. The molecule has 5 aliphatic rings. The molecule has 0 unspecified atom stereocenters. The number of hydrogen-bond acceptors (Lipinski definition) is 3. The molecule has 0 amide bonds. The lowest BCUT2D eigenvalue weighted by atomic mass is 9.43. The molecule has 4 saturated carbocycles. The zero-order chi connectivity index (χ0) is 35.4. The van der Waals surface area contributed by atoms with Crippen LogP contribution in [0.4, 0.5) is 0 Å². The van der Waals surface area contributed by atoms with E-state index in [1.165, 1.54) is 75.9 Å². The van der Waals surface area contributed by atoms with Crippen molar-refractivity contribution in [2.45, 2.75) is 37.5 Å². The summed E-state index contributed by atoms with van der Waals surface area (Å²) < 4.78 is 0. The third-order valence-electron chi connectivity index (χ3n) is 13.7. The summed E-state index contributed by atoms with van der Waals surface area (Å²) >= 11 is 0. The predicted molar refractivity (Wildman–Crippen MR) is 220 cm³/mol.